The van der Waals surface area contributed by atoms with Crippen molar-refractivity contribution in [2.24, 2.45) is 0 Å². The average molecular weight is 452 g/mol. The molecular formula is C25H25NO3S2. The lowest BCUT2D eigenvalue weighted by molar-refractivity contribution is 0.446. The highest BCUT2D eigenvalue weighted by Crippen LogP contribution is 2.44. The zero-order valence-electron chi connectivity index (χ0n) is 17.8. The molecule has 0 N–H and O–H groups in total. The van der Waals surface area contributed by atoms with E-state index in [1.165, 1.54) is 0 Å². The third-order valence-electron chi connectivity index (χ3n) is 5.52. The minimum atomic E-state index is -3.75. The SMILES string of the molecule is CC1=C(S(=O)(=O)c2ccccc2)[C@@H](c2ccc(C)cc2)N(S(=O)c2ccc(C)cc2)C1. The first kappa shape index (κ1) is 21.7. The smallest absolute Gasteiger partial charge is 0.204 e. The molecule has 31 heavy (non-hydrogen) atoms. The van der Waals surface area contributed by atoms with E-state index in [0.29, 0.717) is 16.3 Å². The maximum absolute atomic E-state index is 13.7. The summed E-state index contributed by atoms with van der Waals surface area (Å²) in [6, 6.07) is 23.2. The van der Waals surface area contributed by atoms with Crippen molar-refractivity contribution in [1.82, 2.24) is 4.31 Å². The van der Waals surface area contributed by atoms with Crippen LogP contribution in [-0.2, 0) is 20.8 Å². The monoisotopic (exact) mass is 451 g/mol. The molecule has 1 aliphatic heterocycles. The summed E-state index contributed by atoms with van der Waals surface area (Å²) < 4.78 is 42.7. The molecule has 2 atom stereocenters. The zero-order valence-corrected chi connectivity index (χ0v) is 19.4. The summed E-state index contributed by atoms with van der Waals surface area (Å²) in [4.78, 5) is 1.24. The van der Waals surface area contributed by atoms with Crippen molar-refractivity contribution in [2.45, 2.75) is 36.6 Å². The molecule has 0 aromatic heterocycles. The van der Waals surface area contributed by atoms with Gasteiger partial charge in [-0.15, -0.1) is 0 Å². The van der Waals surface area contributed by atoms with Gasteiger partial charge in [-0.1, -0.05) is 65.7 Å². The van der Waals surface area contributed by atoms with E-state index in [1.807, 2.05) is 69.3 Å². The summed E-state index contributed by atoms with van der Waals surface area (Å²) in [6.45, 7) is 6.11. The molecule has 160 valence electrons. The normalized spacial score (nSPS) is 18.4. The van der Waals surface area contributed by atoms with Crippen LogP contribution in [0.15, 0.2) is 99.1 Å². The second-order valence-corrected chi connectivity index (χ2v) is 11.3. The average Bonchev–Trinajstić information content (AvgIpc) is 3.13. The molecule has 4 nitrogen and oxygen atoms in total. The summed E-state index contributed by atoms with van der Waals surface area (Å²) in [7, 11) is -5.26. The van der Waals surface area contributed by atoms with Crippen molar-refractivity contribution in [3.8, 4) is 0 Å². The largest absolute Gasteiger partial charge is 0.237 e. The quantitative estimate of drug-likeness (QED) is 0.540. The Morgan fingerprint density at radius 2 is 1.35 bits per heavy atom. The van der Waals surface area contributed by atoms with Gasteiger partial charge in [-0.2, -0.15) is 0 Å². The van der Waals surface area contributed by atoms with Crippen LogP contribution in [0.4, 0.5) is 0 Å². The Balaban J connectivity index is 1.84. The number of benzene rings is 3. The third kappa shape index (κ3) is 4.15. The summed E-state index contributed by atoms with van der Waals surface area (Å²) in [5.41, 5.74) is 3.70. The zero-order chi connectivity index (χ0) is 22.2. The minimum absolute atomic E-state index is 0.254. The highest BCUT2D eigenvalue weighted by Gasteiger charge is 2.42. The van der Waals surface area contributed by atoms with Crippen LogP contribution >= 0.6 is 0 Å². The Kier molecular flexibility index (Phi) is 5.97. The van der Waals surface area contributed by atoms with Crippen LogP contribution in [0.1, 0.15) is 29.7 Å². The van der Waals surface area contributed by atoms with Crippen molar-refractivity contribution in [3.05, 3.63) is 106 Å². The maximum atomic E-state index is 13.7. The molecule has 0 radical (unpaired) electrons. The molecule has 0 saturated carbocycles. The molecule has 4 rings (SSSR count). The molecule has 0 spiro atoms. The first-order valence-corrected chi connectivity index (χ1v) is 12.7. The topological polar surface area (TPSA) is 54.5 Å². The van der Waals surface area contributed by atoms with Gasteiger partial charge in [0.25, 0.3) is 0 Å². The Bertz CT molecular complexity index is 1250. The van der Waals surface area contributed by atoms with Crippen molar-refractivity contribution >= 4 is 20.8 Å². The number of nitrogens with zero attached hydrogens (tertiary/aromatic N) is 1. The molecule has 0 bridgehead atoms. The van der Waals surface area contributed by atoms with E-state index in [2.05, 4.69) is 0 Å². The standard InChI is InChI=1S/C25H25NO3S2/c1-18-9-13-21(14-10-18)24-25(31(28,29)23-7-5-4-6-8-23)20(3)17-26(24)30(27)22-15-11-19(2)12-16-22/h4-16,24H,17H2,1-3H3/t24-,30?/m1/s1. The summed E-state index contributed by atoms with van der Waals surface area (Å²) in [5.74, 6) is 0. The van der Waals surface area contributed by atoms with E-state index in [9.17, 15) is 12.6 Å². The molecule has 6 heteroatoms. The van der Waals surface area contributed by atoms with Gasteiger partial charge in [-0.3, -0.25) is 0 Å². The molecule has 0 fully saturated rings. The predicted octanol–water partition coefficient (Wildman–Crippen LogP) is 5.13. The molecule has 3 aromatic rings. The summed E-state index contributed by atoms with van der Waals surface area (Å²) in [6.07, 6.45) is 0. The van der Waals surface area contributed by atoms with Gasteiger partial charge in [0.1, 0.15) is 11.0 Å². The van der Waals surface area contributed by atoms with E-state index < -0.39 is 26.9 Å². The fourth-order valence-corrected chi connectivity index (χ4v) is 7.17. The van der Waals surface area contributed by atoms with E-state index in [1.54, 1.807) is 34.6 Å². The van der Waals surface area contributed by atoms with E-state index >= 15 is 0 Å². The Morgan fingerprint density at radius 3 is 1.94 bits per heavy atom. The van der Waals surface area contributed by atoms with E-state index in [-0.39, 0.29) is 4.90 Å². The fourth-order valence-electron chi connectivity index (χ4n) is 3.88. The molecule has 0 aliphatic carbocycles. The highest BCUT2D eigenvalue weighted by molar-refractivity contribution is 7.95. The lowest BCUT2D eigenvalue weighted by Crippen LogP contribution is -2.29. The second kappa shape index (κ2) is 8.54. The molecule has 0 saturated heterocycles. The number of hydrogen-bond donors (Lipinski definition) is 0. The van der Waals surface area contributed by atoms with Gasteiger partial charge in [0.05, 0.1) is 20.7 Å². The van der Waals surface area contributed by atoms with Gasteiger partial charge in [-0.25, -0.2) is 16.9 Å². The van der Waals surface area contributed by atoms with Crippen LogP contribution in [0.2, 0.25) is 0 Å². The van der Waals surface area contributed by atoms with Crippen LogP contribution in [0.25, 0.3) is 0 Å². The lowest BCUT2D eigenvalue weighted by Gasteiger charge is -2.26. The Morgan fingerprint density at radius 1 is 0.806 bits per heavy atom. The van der Waals surface area contributed by atoms with Crippen LogP contribution < -0.4 is 0 Å². The highest BCUT2D eigenvalue weighted by atomic mass is 32.2. The van der Waals surface area contributed by atoms with E-state index in [0.717, 1.165) is 22.3 Å². The predicted molar refractivity (Wildman–Crippen MR) is 125 cm³/mol. The van der Waals surface area contributed by atoms with Crippen molar-refractivity contribution in [1.29, 1.82) is 0 Å². The Hall–Kier alpha value is -2.54. The van der Waals surface area contributed by atoms with Crippen molar-refractivity contribution < 1.29 is 12.6 Å². The van der Waals surface area contributed by atoms with Gasteiger partial charge in [0.15, 0.2) is 0 Å². The fraction of sp³-hybridized carbons (Fsp3) is 0.200. The summed E-state index contributed by atoms with van der Waals surface area (Å²) >= 11 is 0. The van der Waals surface area contributed by atoms with Gasteiger partial charge in [0, 0.05) is 6.54 Å². The molecule has 1 heterocycles. The summed E-state index contributed by atoms with van der Waals surface area (Å²) in [5, 5.41) is 0. The molecular weight excluding hydrogens is 426 g/mol. The Labute approximate surface area is 186 Å². The molecule has 0 amide bonds. The van der Waals surface area contributed by atoms with Crippen LogP contribution in [0.5, 0.6) is 0 Å². The van der Waals surface area contributed by atoms with Crippen molar-refractivity contribution in [3.63, 3.8) is 0 Å². The molecule has 1 unspecified atom stereocenters. The third-order valence-corrected chi connectivity index (χ3v) is 9.01. The van der Waals surface area contributed by atoms with Crippen LogP contribution in [0.3, 0.4) is 0 Å². The minimum Gasteiger partial charge on any atom is -0.237 e. The number of aryl methyl sites for hydroxylation is 2. The van der Waals surface area contributed by atoms with Crippen molar-refractivity contribution in [2.75, 3.05) is 6.54 Å². The second-order valence-electron chi connectivity index (χ2n) is 7.91. The molecule has 1 aliphatic rings. The van der Waals surface area contributed by atoms with Gasteiger partial charge >= 0.3 is 0 Å². The van der Waals surface area contributed by atoms with E-state index in [4.69, 9.17) is 0 Å². The molecule has 3 aromatic carbocycles. The number of sulfone groups is 1. The van der Waals surface area contributed by atoms with Crippen LogP contribution in [0, 0.1) is 13.8 Å². The lowest BCUT2D eigenvalue weighted by atomic mass is 10.1. The number of hydrogen-bond acceptors (Lipinski definition) is 3. The maximum Gasteiger partial charge on any atom is 0.204 e. The first-order chi connectivity index (χ1) is 14.8. The number of rotatable bonds is 5. The van der Waals surface area contributed by atoms with Gasteiger partial charge in [0.2, 0.25) is 9.84 Å². The van der Waals surface area contributed by atoms with Crippen LogP contribution in [-0.4, -0.2) is 23.5 Å². The van der Waals surface area contributed by atoms with Gasteiger partial charge < -0.3 is 0 Å². The first-order valence-electron chi connectivity index (χ1n) is 10.1. The van der Waals surface area contributed by atoms with Gasteiger partial charge in [-0.05, 0) is 56.2 Å².